The van der Waals surface area contributed by atoms with Crippen LogP contribution in [-0.4, -0.2) is 270 Å². The number of carboxylic acids is 1. The third kappa shape index (κ3) is 29.1. The maximum absolute atomic E-state index is 14.3. The van der Waals surface area contributed by atoms with E-state index in [4.69, 9.17) is 18.9 Å². The fourth-order valence-electron chi connectivity index (χ4n) is 17.8. The molecule has 2 aliphatic heterocycles. The van der Waals surface area contributed by atoms with Gasteiger partial charge in [0.2, 0.25) is 23.6 Å². The van der Waals surface area contributed by atoms with E-state index in [1.165, 1.54) is 45.2 Å². The second-order valence-electron chi connectivity index (χ2n) is 37.7. The number of aliphatic carboxylic acids is 1. The summed E-state index contributed by atoms with van der Waals surface area (Å²) in [5.74, 6) is -7.01. The average molecular weight is 1670 g/mol. The van der Waals surface area contributed by atoms with Gasteiger partial charge in [-0.1, -0.05) is 177 Å². The minimum absolute atomic E-state index is 0.00258. The Morgan fingerprint density at radius 3 is 1.10 bits per heavy atom. The number of aliphatic hydroxyl groups excluding tert-OH is 1. The normalized spacial score (nSPS) is 19.1. The summed E-state index contributed by atoms with van der Waals surface area (Å²) in [5, 5.41) is 20.9. The Balaban J connectivity index is 0.000000615. The fraction of sp³-hybridized carbons (Fsp3) is 0.755. The first-order valence-electron chi connectivity index (χ1n) is 43.8. The van der Waals surface area contributed by atoms with Crippen LogP contribution in [0.4, 0.5) is 9.59 Å². The van der Waals surface area contributed by atoms with Crippen molar-refractivity contribution in [3.8, 4) is 0 Å². The number of ketones is 4. The smallest absolute Gasteiger partial charge is 0.326 e. The maximum atomic E-state index is 14.3. The monoisotopic (exact) mass is 1670 g/mol. The van der Waals surface area contributed by atoms with Crippen LogP contribution >= 0.6 is 0 Å². The van der Waals surface area contributed by atoms with Gasteiger partial charge in [-0.05, 0) is 140 Å². The molecule has 25 nitrogen and oxygen atoms in total. The summed E-state index contributed by atoms with van der Waals surface area (Å²) in [7, 11) is 16.2. The highest BCUT2D eigenvalue weighted by Crippen LogP contribution is 2.37. The third-order valence-electron chi connectivity index (χ3n) is 26.1. The van der Waals surface area contributed by atoms with Crippen LogP contribution in [0.1, 0.15) is 240 Å². The Morgan fingerprint density at radius 2 is 0.798 bits per heavy atom. The average Bonchev–Trinajstić information content (AvgIpc) is 0.999. The number of hydrogen-bond donors (Lipinski definition) is 2. The lowest BCUT2D eigenvalue weighted by atomic mass is 9.84. The first-order chi connectivity index (χ1) is 55.4. The van der Waals surface area contributed by atoms with Gasteiger partial charge in [0, 0.05) is 130 Å². The first kappa shape index (κ1) is 106. The molecule has 25 heteroatoms. The maximum Gasteiger partial charge on any atom is 0.326 e. The van der Waals surface area contributed by atoms with Gasteiger partial charge in [-0.3, -0.25) is 62.8 Å². The number of rotatable bonds is 45. The van der Waals surface area contributed by atoms with Crippen LogP contribution in [0.5, 0.6) is 0 Å². The fourth-order valence-corrected chi connectivity index (χ4v) is 17.8. The summed E-state index contributed by atoms with van der Waals surface area (Å²) in [4.78, 5) is 165. The predicted octanol–water partition coefficient (Wildman–Crippen LogP) is 14.1. The zero-order valence-electron chi connectivity index (χ0n) is 78.8. The number of amides is 8. The molecular formula is C94H158N8O17. The van der Waals surface area contributed by atoms with Gasteiger partial charge in [-0.25, -0.2) is 9.59 Å². The van der Waals surface area contributed by atoms with Gasteiger partial charge in [-0.15, -0.1) is 0 Å². The Kier molecular flexibility index (Phi) is 43.6. The molecule has 2 aromatic rings. The number of hydrogen-bond acceptors (Lipinski definition) is 18. The van der Waals surface area contributed by atoms with Gasteiger partial charge in [-0.2, -0.15) is 0 Å². The van der Waals surface area contributed by atoms with E-state index in [1.54, 1.807) is 37.9 Å². The number of imide groups is 2. The number of nitrogens with zero attached hydrogens (tertiary/aromatic N) is 8. The van der Waals surface area contributed by atoms with Gasteiger partial charge in [0.05, 0.1) is 85.5 Å². The zero-order valence-corrected chi connectivity index (χ0v) is 78.8. The van der Waals surface area contributed by atoms with Crippen molar-refractivity contribution in [1.29, 1.82) is 0 Å². The summed E-state index contributed by atoms with van der Waals surface area (Å²) in [6.45, 7) is 42.3. The van der Waals surface area contributed by atoms with Gasteiger partial charge in [0.15, 0.2) is 11.6 Å². The van der Waals surface area contributed by atoms with Crippen molar-refractivity contribution >= 4 is 64.8 Å². The molecule has 0 radical (unpaired) electrons. The number of methoxy groups -OCH3 is 4. The molecule has 0 spiro atoms. The minimum atomic E-state index is -1.04. The van der Waals surface area contributed by atoms with Crippen LogP contribution in [-0.2, 0) is 68.5 Å². The summed E-state index contributed by atoms with van der Waals surface area (Å²) < 4.78 is 23.9. The molecule has 19 atom stereocenters. The number of benzene rings is 2. The second kappa shape index (κ2) is 48.8. The number of urea groups is 2. The highest BCUT2D eigenvalue weighted by molar-refractivity contribution is 5.99. The van der Waals surface area contributed by atoms with E-state index in [0.717, 1.165) is 27.3 Å². The molecule has 0 bridgehead atoms. The van der Waals surface area contributed by atoms with Gasteiger partial charge in [0.1, 0.15) is 11.6 Å². The van der Waals surface area contributed by atoms with Crippen molar-refractivity contribution in [3.63, 3.8) is 0 Å². The standard InChI is InChI=1S/C47H78N4O9.C47H80N4O8/c1-16-31(6)42(48(11)46(58)49(12)44(55)35(29(2)3)27-38(53)41(30(4)5)50(13)47(8,9)10)39(59-14)28-40(54)51-24-20-23-36(51)43(60-15)32(7)37(52)26-34(45(56)57)25-33-21-18-17-19-22-33;1-17-31(6)42(48(12)46(57)49(13)45(56)35(29(2)3)27-38(53)41(30(4)5)50(14)47(9,10)11)39(58-15)28-40(54)51-25-21-24-36(51)44(59-16)33(8)37(52)26-32(7)43(55)34-22-19-18-20-23-34/h17-19,21-22,29-32,34-36,39,41-43H,16,20,23-28H2,1-15H3,(H,56,57);18-20,22-23,29-33,35-36,39,41-44,55H,17,21,24-28H2,1-16H3/t31-,32-,34+,35-,36-,39+,41-,42-,43+;31-,32-,33-,35-,36-,39+,41-,42-,43+,44+/m00/s1. The van der Waals surface area contributed by atoms with Crippen LogP contribution in [0.15, 0.2) is 60.7 Å². The number of carboxylic acid groups (broad SMARTS) is 1. The van der Waals surface area contributed by atoms with E-state index >= 15 is 0 Å². The minimum Gasteiger partial charge on any atom is -0.481 e. The zero-order chi connectivity index (χ0) is 90.9. The summed E-state index contributed by atoms with van der Waals surface area (Å²) >= 11 is 0. The lowest BCUT2D eigenvalue weighted by Crippen LogP contribution is -2.56. The van der Waals surface area contributed by atoms with E-state index in [1.807, 2.05) is 172 Å². The lowest BCUT2D eigenvalue weighted by molar-refractivity contribution is -0.146. The highest BCUT2D eigenvalue weighted by atomic mass is 16.5. The Hall–Kier alpha value is -6.87. The summed E-state index contributed by atoms with van der Waals surface area (Å²) in [6.07, 6.45) is 0.835. The number of likely N-dealkylation sites (tertiary alicyclic amines) is 2. The quantitative estimate of drug-likeness (QED) is 0.0623. The third-order valence-corrected chi connectivity index (χ3v) is 26.1. The van der Waals surface area contributed by atoms with E-state index in [0.29, 0.717) is 45.2 Å². The molecule has 2 heterocycles. The molecule has 119 heavy (non-hydrogen) atoms. The van der Waals surface area contributed by atoms with Crippen LogP contribution in [0.2, 0.25) is 0 Å². The Bertz CT molecular complexity index is 3550. The van der Waals surface area contributed by atoms with Crippen molar-refractivity contribution in [2.24, 2.45) is 71.0 Å². The number of aliphatic hydroxyl groups is 1. The lowest BCUT2D eigenvalue weighted by Gasteiger charge is -2.41. The highest BCUT2D eigenvalue weighted by Gasteiger charge is 2.48. The van der Waals surface area contributed by atoms with Crippen LogP contribution in [0, 0.1) is 71.0 Å². The topological polar surface area (TPSA) is 291 Å². The van der Waals surface area contributed by atoms with Crippen molar-refractivity contribution in [2.45, 2.75) is 307 Å². The van der Waals surface area contributed by atoms with Crippen LogP contribution < -0.4 is 0 Å². The Morgan fingerprint density at radius 1 is 0.454 bits per heavy atom. The van der Waals surface area contributed by atoms with Crippen molar-refractivity contribution < 1.29 is 81.9 Å². The van der Waals surface area contributed by atoms with Gasteiger partial charge in [0.25, 0.3) is 0 Å². The van der Waals surface area contributed by atoms with Crippen molar-refractivity contribution in [1.82, 2.24) is 39.2 Å². The van der Waals surface area contributed by atoms with Gasteiger partial charge >= 0.3 is 18.0 Å². The van der Waals surface area contributed by atoms with Crippen molar-refractivity contribution in [2.75, 3.05) is 83.8 Å². The molecule has 0 unspecified atom stereocenters. The van der Waals surface area contributed by atoms with Crippen LogP contribution in [0.25, 0.3) is 0 Å². The molecule has 0 aliphatic carbocycles. The molecule has 2 fully saturated rings. The predicted molar refractivity (Wildman–Crippen MR) is 468 cm³/mol. The molecule has 2 aromatic carbocycles. The number of carbonyl (C=O) groups is 11. The summed E-state index contributed by atoms with van der Waals surface area (Å²) in [6, 6.07) is 14.8. The largest absolute Gasteiger partial charge is 0.481 e. The van der Waals surface area contributed by atoms with Crippen molar-refractivity contribution in [3.05, 3.63) is 71.8 Å². The molecule has 2 saturated heterocycles. The molecule has 2 aliphatic rings. The molecule has 0 aromatic heterocycles. The molecule has 2 N–H and O–H groups in total. The number of likely N-dealkylation sites (N-methyl/N-ethyl adjacent to an activating group) is 4. The molecule has 4 rings (SSSR count). The number of Topliss-reactive ketones (excluding diaryl/α,β-unsaturated/α-hetero) is 4. The molecular weight excluding hydrogens is 1510 g/mol. The molecule has 676 valence electrons. The van der Waals surface area contributed by atoms with Crippen LogP contribution in [0.3, 0.4) is 0 Å². The van der Waals surface area contributed by atoms with E-state index in [9.17, 15) is 63.0 Å². The molecule has 0 saturated carbocycles. The van der Waals surface area contributed by atoms with E-state index in [2.05, 4.69) is 51.3 Å². The number of carbonyl (C=O) groups excluding carboxylic acids is 10. The first-order valence-corrected chi connectivity index (χ1v) is 43.8. The van der Waals surface area contributed by atoms with E-state index < -0.39 is 114 Å². The number of ether oxygens (including phenoxy) is 4. The SMILES string of the molecule is CC[C@H](C)[C@@H]([C@@H](CC(=O)N1CCC[C@H]1[C@H](OC)[C@@H](C)C(=O)C[C@@H](Cc1ccccc1)C(=O)O)OC)N(C)C(=O)N(C)C(=O)[C@@H](CC(=O)[C@H](C(C)C)N(C)C(C)(C)C)C(C)C.CC[C@H](C)[C@@H]([C@@H](CC(=O)N1CCC[C@H]1[C@H](OC)[C@@H](C)C(=O)C[C@H](C)[C@@H](O)c1ccccc1)OC)N(C)C(=O)N(C)C(=O)[C@@H](CC(=O)[C@H](C(C)C)N(C)C(C)(C)C)C(C)C. The Labute approximate surface area is 715 Å². The summed E-state index contributed by atoms with van der Waals surface area (Å²) in [5.41, 5.74) is 1.07. The van der Waals surface area contributed by atoms with E-state index in [-0.39, 0.29) is 144 Å². The molecule has 8 amide bonds. The van der Waals surface area contributed by atoms with Gasteiger partial charge < -0.3 is 48.8 Å². The second-order valence-corrected chi connectivity index (χ2v) is 37.7.